The molecule has 0 aliphatic heterocycles. The molecule has 17 heavy (non-hydrogen) atoms. The predicted molar refractivity (Wildman–Crippen MR) is 62.5 cm³/mol. The summed E-state index contributed by atoms with van der Waals surface area (Å²) in [5.41, 5.74) is 0.832. The van der Waals surface area contributed by atoms with Crippen LogP contribution in [0.4, 0.5) is 0 Å². The van der Waals surface area contributed by atoms with Crippen molar-refractivity contribution in [2.45, 2.75) is 29.4 Å². The van der Waals surface area contributed by atoms with Gasteiger partial charge in [0, 0.05) is 0 Å². The van der Waals surface area contributed by atoms with Gasteiger partial charge in [-0.1, -0.05) is 6.07 Å². The number of hydrogen-bond donors (Lipinski definition) is 0. The number of ether oxygens (including phenoxy) is 1. The van der Waals surface area contributed by atoms with Crippen molar-refractivity contribution < 1.29 is 13.2 Å². The van der Waals surface area contributed by atoms with Crippen molar-refractivity contribution in [2.75, 3.05) is 7.11 Å². The molecule has 0 radical (unpaired) electrons. The van der Waals surface area contributed by atoms with Gasteiger partial charge in [-0.05, 0) is 37.5 Å². The topological polar surface area (TPSA) is 67.2 Å². The van der Waals surface area contributed by atoms with Crippen molar-refractivity contribution >= 4 is 9.84 Å². The first-order valence-electron chi connectivity index (χ1n) is 5.27. The fourth-order valence-corrected chi connectivity index (χ4v) is 3.70. The Morgan fingerprint density at radius 2 is 2.06 bits per heavy atom. The van der Waals surface area contributed by atoms with Gasteiger partial charge in [-0.15, -0.1) is 0 Å². The summed E-state index contributed by atoms with van der Waals surface area (Å²) >= 11 is 0. The van der Waals surface area contributed by atoms with E-state index in [1.807, 2.05) is 13.0 Å². The number of methoxy groups -OCH3 is 1. The lowest BCUT2D eigenvalue weighted by molar-refractivity contribution is 0.402. The third kappa shape index (κ3) is 1.69. The minimum Gasteiger partial charge on any atom is -0.495 e. The molecule has 0 atom stereocenters. The zero-order valence-corrected chi connectivity index (χ0v) is 10.5. The van der Waals surface area contributed by atoms with Crippen LogP contribution in [0.25, 0.3) is 0 Å². The van der Waals surface area contributed by atoms with E-state index in [0.29, 0.717) is 18.6 Å². The number of benzene rings is 1. The number of aryl methyl sites for hydroxylation is 1. The minimum atomic E-state index is -3.63. The van der Waals surface area contributed by atoms with Crippen LogP contribution in [0.3, 0.4) is 0 Å². The molecule has 0 N–H and O–H groups in total. The SMILES string of the molecule is COc1ccc(C)cc1S(=O)(=O)C1(C#N)CC1. The molecule has 0 bridgehead atoms. The van der Waals surface area contributed by atoms with Crippen LogP contribution >= 0.6 is 0 Å². The zero-order chi connectivity index (χ0) is 12.7. The van der Waals surface area contributed by atoms with Crippen LogP contribution in [-0.4, -0.2) is 20.3 Å². The normalized spacial score (nSPS) is 17.2. The molecule has 0 aromatic heterocycles. The predicted octanol–water partition coefficient (Wildman–Crippen LogP) is 1.83. The Morgan fingerprint density at radius 3 is 2.53 bits per heavy atom. The van der Waals surface area contributed by atoms with Crippen molar-refractivity contribution in [3.8, 4) is 11.8 Å². The van der Waals surface area contributed by atoms with Crippen molar-refractivity contribution in [3.05, 3.63) is 23.8 Å². The number of nitriles is 1. The molecule has 1 aliphatic rings. The van der Waals surface area contributed by atoms with Crippen LogP contribution in [0, 0.1) is 18.3 Å². The van der Waals surface area contributed by atoms with Crippen molar-refractivity contribution in [2.24, 2.45) is 0 Å². The quantitative estimate of drug-likeness (QED) is 0.822. The largest absolute Gasteiger partial charge is 0.495 e. The van der Waals surface area contributed by atoms with Crippen LogP contribution < -0.4 is 4.74 Å². The number of sulfone groups is 1. The van der Waals surface area contributed by atoms with Gasteiger partial charge in [-0.2, -0.15) is 5.26 Å². The summed E-state index contributed by atoms with van der Waals surface area (Å²) in [7, 11) is -2.20. The van der Waals surface area contributed by atoms with Crippen LogP contribution in [0.15, 0.2) is 23.1 Å². The van der Waals surface area contributed by atoms with Crippen molar-refractivity contribution in [3.63, 3.8) is 0 Å². The smallest absolute Gasteiger partial charge is 0.201 e. The van der Waals surface area contributed by atoms with Gasteiger partial charge in [-0.3, -0.25) is 0 Å². The second-order valence-electron chi connectivity index (χ2n) is 4.26. The highest BCUT2D eigenvalue weighted by atomic mass is 32.2. The van der Waals surface area contributed by atoms with Gasteiger partial charge >= 0.3 is 0 Å². The Balaban J connectivity index is 2.62. The molecule has 4 nitrogen and oxygen atoms in total. The lowest BCUT2D eigenvalue weighted by Crippen LogP contribution is -2.21. The van der Waals surface area contributed by atoms with Gasteiger partial charge in [0.2, 0.25) is 9.84 Å². The van der Waals surface area contributed by atoms with Gasteiger partial charge in [0.15, 0.2) is 4.75 Å². The fourth-order valence-electron chi connectivity index (χ4n) is 1.76. The lowest BCUT2D eigenvalue weighted by atomic mass is 10.2. The van der Waals surface area contributed by atoms with E-state index in [1.165, 1.54) is 7.11 Å². The second kappa shape index (κ2) is 3.74. The van der Waals surface area contributed by atoms with E-state index in [-0.39, 0.29) is 4.90 Å². The van der Waals surface area contributed by atoms with E-state index in [9.17, 15) is 8.42 Å². The molecule has 1 fully saturated rings. The lowest BCUT2D eigenvalue weighted by Gasteiger charge is -2.13. The highest BCUT2D eigenvalue weighted by Gasteiger charge is 2.56. The van der Waals surface area contributed by atoms with E-state index in [1.54, 1.807) is 18.2 Å². The number of hydrogen-bond acceptors (Lipinski definition) is 4. The molecule has 0 unspecified atom stereocenters. The van der Waals surface area contributed by atoms with Crippen molar-refractivity contribution in [1.29, 1.82) is 5.26 Å². The zero-order valence-electron chi connectivity index (χ0n) is 9.73. The molecular weight excluding hydrogens is 238 g/mol. The highest BCUT2D eigenvalue weighted by Crippen LogP contribution is 2.48. The second-order valence-corrected chi connectivity index (χ2v) is 6.49. The standard InChI is InChI=1S/C12H13NO3S/c1-9-3-4-10(16-2)11(7-9)17(14,15)12(8-13)5-6-12/h3-4,7H,5-6H2,1-2H3. The van der Waals surface area contributed by atoms with Gasteiger partial charge in [-0.25, -0.2) is 8.42 Å². The first kappa shape index (κ1) is 11.9. The average molecular weight is 251 g/mol. The van der Waals surface area contributed by atoms with Gasteiger partial charge < -0.3 is 4.74 Å². The van der Waals surface area contributed by atoms with Crippen LogP contribution in [0.5, 0.6) is 5.75 Å². The summed E-state index contributed by atoms with van der Waals surface area (Å²) in [5, 5.41) is 9.02. The van der Waals surface area contributed by atoms with Gasteiger partial charge in [0.25, 0.3) is 0 Å². The Hall–Kier alpha value is -1.54. The van der Waals surface area contributed by atoms with E-state index in [0.717, 1.165) is 5.56 Å². The monoisotopic (exact) mass is 251 g/mol. The van der Waals surface area contributed by atoms with E-state index >= 15 is 0 Å². The molecule has 5 heteroatoms. The maximum Gasteiger partial charge on any atom is 0.201 e. The molecule has 0 heterocycles. The summed E-state index contributed by atoms with van der Waals surface area (Å²) in [4.78, 5) is 0.124. The summed E-state index contributed by atoms with van der Waals surface area (Å²) < 4.78 is 28.6. The highest BCUT2D eigenvalue weighted by molar-refractivity contribution is 7.93. The molecule has 1 aliphatic carbocycles. The van der Waals surface area contributed by atoms with Crippen LogP contribution in [0.1, 0.15) is 18.4 Å². The first-order valence-corrected chi connectivity index (χ1v) is 6.76. The molecule has 0 spiro atoms. The Morgan fingerprint density at radius 1 is 1.41 bits per heavy atom. The summed E-state index contributed by atoms with van der Waals surface area (Å²) in [6.45, 7) is 1.81. The first-order chi connectivity index (χ1) is 7.97. The fraction of sp³-hybridized carbons (Fsp3) is 0.417. The summed E-state index contributed by atoms with van der Waals surface area (Å²) in [6.07, 6.45) is 0.811. The molecule has 1 saturated carbocycles. The third-order valence-electron chi connectivity index (χ3n) is 3.03. The average Bonchev–Trinajstić information content (AvgIpc) is 3.10. The van der Waals surface area contributed by atoms with E-state index in [4.69, 9.17) is 10.00 Å². The van der Waals surface area contributed by atoms with Gasteiger partial charge in [0.1, 0.15) is 10.6 Å². The maximum absolute atomic E-state index is 12.4. The molecule has 2 rings (SSSR count). The maximum atomic E-state index is 12.4. The molecule has 1 aromatic carbocycles. The molecule has 1 aromatic rings. The summed E-state index contributed by atoms with van der Waals surface area (Å²) in [5.74, 6) is 0.303. The molecule has 0 amide bonds. The van der Waals surface area contributed by atoms with E-state index < -0.39 is 14.6 Å². The van der Waals surface area contributed by atoms with Gasteiger partial charge in [0.05, 0.1) is 13.2 Å². The summed E-state index contributed by atoms with van der Waals surface area (Å²) in [6, 6.07) is 6.88. The van der Waals surface area contributed by atoms with E-state index in [2.05, 4.69) is 0 Å². The Bertz CT molecular complexity index is 595. The Kier molecular flexibility index (Phi) is 2.63. The molecular formula is C12H13NO3S. The number of rotatable bonds is 3. The molecule has 90 valence electrons. The molecule has 0 saturated heterocycles. The third-order valence-corrected chi connectivity index (χ3v) is 5.46. The Labute approximate surface area is 101 Å². The minimum absolute atomic E-state index is 0.124. The number of nitrogens with zero attached hydrogens (tertiary/aromatic N) is 1. The van der Waals surface area contributed by atoms with Crippen LogP contribution in [0.2, 0.25) is 0 Å². The van der Waals surface area contributed by atoms with Crippen LogP contribution in [-0.2, 0) is 9.84 Å². The van der Waals surface area contributed by atoms with Crippen molar-refractivity contribution in [1.82, 2.24) is 0 Å².